The normalized spacial score (nSPS) is 12.1. The topological polar surface area (TPSA) is 83.8 Å². The molecule has 0 atom stereocenters. The minimum atomic E-state index is -4.52. The number of nitrogens with zero attached hydrogens (tertiary/aromatic N) is 3. The van der Waals surface area contributed by atoms with Gasteiger partial charge in [-0.3, -0.25) is 9.10 Å². The summed E-state index contributed by atoms with van der Waals surface area (Å²) < 4.78 is 68.3. The fourth-order valence-electron chi connectivity index (χ4n) is 4.35. The zero-order valence-electron chi connectivity index (χ0n) is 22.0. The minimum Gasteiger partial charge on any atom is -0.317 e. The van der Waals surface area contributed by atoms with Crippen LogP contribution in [0.25, 0.3) is 5.69 Å². The van der Waals surface area contributed by atoms with Crippen molar-refractivity contribution >= 4 is 27.8 Å². The lowest BCUT2D eigenvalue weighted by Gasteiger charge is -2.22. The molecule has 11 heteroatoms. The number of sulfonamides is 1. The van der Waals surface area contributed by atoms with E-state index in [-0.39, 0.29) is 17.8 Å². The van der Waals surface area contributed by atoms with Crippen LogP contribution in [0.4, 0.5) is 18.9 Å². The first-order chi connectivity index (χ1) is 18.9. The molecule has 0 bridgehead atoms. The number of aromatic nitrogens is 1. The Labute approximate surface area is 230 Å². The van der Waals surface area contributed by atoms with Crippen molar-refractivity contribution in [2.75, 3.05) is 10.6 Å². The third kappa shape index (κ3) is 6.42. The van der Waals surface area contributed by atoms with Crippen molar-refractivity contribution in [3.05, 3.63) is 119 Å². The first-order valence-corrected chi connectivity index (χ1v) is 14.0. The van der Waals surface area contributed by atoms with E-state index in [2.05, 4.69) is 10.5 Å². The smallest absolute Gasteiger partial charge is 0.317 e. The maximum atomic E-state index is 13.6. The highest BCUT2D eigenvalue weighted by Gasteiger charge is 2.34. The van der Waals surface area contributed by atoms with Gasteiger partial charge in [0.2, 0.25) is 10.0 Å². The third-order valence-electron chi connectivity index (χ3n) is 6.28. The number of anilines is 1. The van der Waals surface area contributed by atoms with Crippen LogP contribution in [0.5, 0.6) is 0 Å². The summed E-state index contributed by atoms with van der Waals surface area (Å²) in [5.41, 5.74) is 4.75. The highest BCUT2D eigenvalue weighted by molar-refractivity contribution is 7.92. The zero-order valence-corrected chi connectivity index (χ0v) is 22.8. The van der Waals surface area contributed by atoms with Gasteiger partial charge in [0, 0.05) is 22.5 Å². The number of benzene rings is 3. The summed E-state index contributed by atoms with van der Waals surface area (Å²) >= 11 is 0. The standard InChI is InChI=1S/C29H27F3N4O3S/c1-20-17-24(21(2)36(20)27-12-8-7-11-26(27)29(30,31)32)18-33-34-28(37)23-13-15-25(16-14-23)35(40(3,38)39)19-22-9-5-4-6-10-22/h4-18H,19H2,1-3H3,(H,34,37)/b33-18-. The van der Waals surface area contributed by atoms with Gasteiger partial charge in [-0.15, -0.1) is 0 Å². The van der Waals surface area contributed by atoms with Gasteiger partial charge in [0.1, 0.15) is 0 Å². The SMILES string of the molecule is Cc1cc(/C=N\NC(=O)c2ccc(N(Cc3ccccc3)S(C)(=O)=O)cc2)c(C)n1-c1ccccc1C(F)(F)F. The van der Waals surface area contributed by atoms with Gasteiger partial charge in [-0.25, -0.2) is 13.8 Å². The number of hydrazone groups is 1. The molecule has 0 radical (unpaired) electrons. The molecule has 3 aromatic carbocycles. The number of halogens is 3. The predicted molar refractivity (Wildman–Crippen MR) is 149 cm³/mol. The Morgan fingerprint density at radius 2 is 1.60 bits per heavy atom. The number of amides is 1. The number of carbonyl (C=O) groups excluding carboxylic acids is 1. The highest BCUT2D eigenvalue weighted by atomic mass is 32.2. The summed E-state index contributed by atoms with van der Waals surface area (Å²) in [6.45, 7) is 3.50. The van der Waals surface area contributed by atoms with Crippen LogP contribution in [0.3, 0.4) is 0 Å². The number of aryl methyl sites for hydroxylation is 1. The van der Waals surface area contributed by atoms with Gasteiger partial charge in [0.05, 0.1) is 36.0 Å². The van der Waals surface area contributed by atoms with Gasteiger partial charge in [0.15, 0.2) is 0 Å². The van der Waals surface area contributed by atoms with Gasteiger partial charge < -0.3 is 4.57 Å². The van der Waals surface area contributed by atoms with Gasteiger partial charge in [-0.2, -0.15) is 18.3 Å². The Bertz CT molecular complexity index is 1650. The van der Waals surface area contributed by atoms with E-state index in [4.69, 9.17) is 0 Å². The maximum Gasteiger partial charge on any atom is 0.418 e. The van der Waals surface area contributed by atoms with E-state index in [0.29, 0.717) is 22.6 Å². The molecule has 0 aliphatic carbocycles. The van der Waals surface area contributed by atoms with Crippen molar-refractivity contribution in [2.45, 2.75) is 26.6 Å². The molecule has 7 nitrogen and oxygen atoms in total. The summed E-state index contributed by atoms with van der Waals surface area (Å²) in [6.07, 6.45) is -2.03. The molecule has 4 aromatic rings. The molecule has 1 N–H and O–H groups in total. The molecule has 4 rings (SSSR count). The monoisotopic (exact) mass is 568 g/mol. The van der Waals surface area contributed by atoms with E-state index in [1.165, 1.54) is 51.5 Å². The van der Waals surface area contributed by atoms with Crippen molar-refractivity contribution in [3.8, 4) is 5.69 Å². The fraction of sp³-hybridized carbons (Fsp3) is 0.172. The Morgan fingerprint density at radius 3 is 2.23 bits per heavy atom. The second-order valence-corrected chi connectivity index (χ2v) is 11.1. The van der Waals surface area contributed by atoms with E-state index >= 15 is 0 Å². The Morgan fingerprint density at radius 1 is 0.975 bits per heavy atom. The first kappa shape index (κ1) is 28.6. The Hall–Kier alpha value is -4.38. The maximum absolute atomic E-state index is 13.6. The van der Waals surface area contributed by atoms with E-state index in [9.17, 15) is 26.4 Å². The quantitative estimate of drug-likeness (QED) is 0.214. The van der Waals surface area contributed by atoms with Gasteiger partial charge in [-0.05, 0) is 61.9 Å². The predicted octanol–water partition coefficient (Wildman–Crippen LogP) is 5.84. The first-order valence-electron chi connectivity index (χ1n) is 12.2. The zero-order chi connectivity index (χ0) is 29.1. The summed E-state index contributed by atoms with van der Waals surface area (Å²) in [4.78, 5) is 12.7. The van der Waals surface area contributed by atoms with Crippen LogP contribution in [0, 0.1) is 13.8 Å². The van der Waals surface area contributed by atoms with E-state index in [1.54, 1.807) is 26.0 Å². The fourth-order valence-corrected chi connectivity index (χ4v) is 5.24. The van der Waals surface area contributed by atoms with Gasteiger partial charge in [-0.1, -0.05) is 42.5 Å². The number of nitrogens with one attached hydrogen (secondary N) is 1. The molecule has 0 aliphatic rings. The molecule has 0 saturated carbocycles. The summed E-state index contributed by atoms with van der Waals surface area (Å²) in [6, 6.07) is 22.2. The molecule has 0 fully saturated rings. The number of hydrogen-bond donors (Lipinski definition) is 1. The number of para-hydroxylation sites is 1. The number of rotatable bonds is 8. The van der Waals surface area contributed by atoms with Crippen molar-refractivity contribution in [1.82, 2.24) is 9.99 Å². The second kappa shape index (κ2) is 11.4. The molecule has 1 aromatic heterocycles. The van der Waals surface area contributed by atoms with Crippen molar-refractivity contribution < 1.29 is 26.4 Å². The highest BCUT2D eigenvalue weighted by Crippen LogP contribution is 2.35. The molecule has 1 heterocycles. The average Bonchev–Trinajstić information content (AvgIpc) is 3.19. The Kier molecular flexibility index (Phi) is 8.15. The lowest BCUT2D eigenvalue weighted by molar-refractivity contribution is -0.137. The second-order valence-electron chi connectivity index (χ2n) is 9.18. The molecular weight excluding hydrogens is 541 g/mol. The molecule has 208 valence electrons. The number of carbonyl (C=O) groups is 1. The van der Waals surface area contributed by atoms with Crippen LogP contribution < -0.4 is 9.73 Å². The van der Waals surface area contributed by atoms with Crippen molar-refractivity contribution in [3.63, 3.8) is 0 Å². The largest absolute Gasteiger partial charge is 0.418 e. The van der Waals surface area contributed by atoms with E-state index in [1.807, 2.05) is 30.3 Å². The van der Waals surface area contributed by atoms with Crippen LogP contribution in [0.2, 0.25) is 0 Å². The lowest BCUT2D eigenvalue weighted by atomic mass is 10.1. The van der Waals surface area contributed by atoms with Crippen LogP contribution in [0.1, 0.15) is 38.4 Å². The third-order valence-corrected chi connectivity index (χ3v) is 7.42. The Balaban J connectivity index is 1.49. The summed E-state index contributed by atoms with van der Waals surface area (Å²) in [5, 5.41) is 3.98. The summed E-state index contributed by atoms with van der Waals surface area (Å²) in [5.74, 6) is -0.534. The van der Waals surface area contributed by atoms with Crippen LogP contribution in [-0.4, -0.2) is 31.4 Å². The van der Waals surface area contributed by atoms with Crippen LogP contribution >= 0.6 is 0 Å². The van der Waals surface area contributed by atoms with Crippen molar-refractivity contribution in [1.29, 1.82) is 0 Å². The molecule has 0 aliphatic heterocycles. The van der Waals surface area contributed by atoms with Gasteiger partial charge in [0.25, 0.3) is 5.91 Å². The van der Waals surface area contributed by atoms with E-state index in [0.717, 1.165) is 17.9 Å². The molecule has 1 amide bonds. The van der Waals surface area contributed by atoms with E-state index < -0.39 is 27.7 Å². The number of hydrogen-bond acceptors (Lipinski definition) is 4. The van der Waals surface area contributed by atoms with Gasteiger partial charge >= 0.3 is 6.18 Å². The summed E-state index contributed by atoms with van der Waals surface area (Å²) in [7, 11) is -3.59. The molecule has 0 unspecified atom stereocenters. The number of alkyl halides is 3. The molecular formula is C29H27F3N4O3S. The van der Waals surface area contributed by atoms with Crippen LogP contribution in [-0.2, 0) is 22.7 Å². The molecule has 40 heavy (non-hydrogen) atoms. The molecule has 0 spiro atoms. The minimum absolute atomic E-state index is 0.00387. The lowest BCUT2D eigenvalue weighted by Crippen LogP contribution is -2.29. The van der Waals surface area contributed by atoms with Crippen molar-refractivity contribution in [2.24, 2.45) is 5.10 Å². The van der Waals surface area contributed by atoms with Crippen LogP contribution in [0.15, 0.2) is 90.0 Å². The average molecular weight is 569 g/mol. The molecule has 0 saturated heterocycles.